The average molecular weight is 381 g/mol. The molecule has 0 amide bonds. The zero-order valence-electron chi connectivity index (χ0n) is 16.3. The molecular formula is C21H27N5O2. The van der Waals surface area contributed by atoms with E-state index in [2.05, 4.69) is 38.0 Å². The van der Waals surface area contributed by atoms with Crippen molar-refractivity contribution < 1.29 is 9.47 Å². The molecule has 4 aliphatic rings. The lowest BCUT2D eigenvalue weighted by Gasteiger charge is -2.37. The van der Waals surface area contributed by atoms with Crippen LogP contribution >= 0.6 is 0 Å². The highest BCUT2D eigenvalue weighted by Gasteiger charge is 2.37. The van der Waals surface area contributed by atoms with Gasteiger partial charge in [-0.1, -0.05) is 24.6 Å². The van der Waals surface area contributed by atoms with Crippen LogP contribution in [0.4, 0.5) is 0 Å². The fraction of sp³-hybridized carbons (Fsp3) is 0.571. The van der Waals surface area contributed by atoms with Gasteiger partial charge in [0.05, 0.1) is 19.2 Å². The van der Waals surface area contributed by atoms with Crippen molar-refractivity contribution in [2.45, 2.75) is 43.8 Å². The van der Waals surface area contributed by atoms with Crippen molar-refractivity contribution in [1.29, 1.82) is 0 Å². The Balaban J connectivity index is 1.24. The van der Waals surface area contributed by atoms with Crippen LogP contribution in [0.25, 0.3) is 0 Å². The Hall–Kier alpha value is -2.41. The molecule has 0 aromatic carbocycles. The number of hydrogen-bond donors (Lipinski definition) is 0. The van der Waals surface area contributed by atoms with Crippen LogP contribution in [0.2, 0.25) is 0 Å². The molecule has 1 aromatic rings. The lowest BCUT2D eigenvalue weighted by Crippen LogP contribution is -2.44. The Labute approximate surface area is 165 Å². The molecule has 5 rings (SSSR count). The number of amidine groups is 1. The van der Waals surface area contributed by atoms with Gasteiger partial charge < -0.3 is 14.4 Å². The summed E-state index contributed by atoms with van der Waals surface area (Å²) in [6.07, 6.45) is 13.5. The minimum Gasteiger partial charge on any atom is -0.481 e. The molecule has 0 N–H and O–H groups in total. The molecule has 3 heterocycles. The lowest BCUT2D eigenvalue weighted by molar-refractivity contribution is 0.129. The predicted molar refractivity (Wildman–Crippen MR) is 107 cm³/mol. The van der Waals surface area contributed by atoms with E-state index in [9.17, 15) is 0 Å². The van der Waals surface area contributed by atoms with E-state index in [1.807, 2.05) is 0 Å². The topological polar surface area (TPSA) is 63.1 Å². The molecule has 1 saturated carbocycles. The summed E-state index contributed by atoms with van der Waals surface area (Å²) in [5.41, 5.74) is 1.14. The number of rotatable bonds is 5. The van der Waals surface area contributed by atoms with E-state index in [-0.39, 0.29) is 6.04 Å². The Morgan fingerprint density at radius 3 is 2.96 bits per heavy atom. The predicted octanol–water partition coefficient (Wildman–Crippen LogP) is 2.07. The number of aliphatic imine (C=N–C) groups is 1. The molecule has 148 valence electrons. The smallest absolute Gasteiger partial charge is 0.320 e. The van der Waals surface area contributed by atoms with Crippen molar-refractivity contribution in [2.24, 2.45) is 4.99 Å². The molecule has 2 aliphatic heterocycles. The summed E-state index contributed by atoms with van der Waals surface area (Å²) in [6.45, 7) is 3.81. The highest BCUT2D eigenvalue weighted by atomic mass is 16.5. The van der Waals surface area contributed by atoms with E-state index in [0.29, 0.717) is 24.5 Å². The number of methoxy groups -OCH3 is 1. The van der Waals surface area contributed by atoms with Crippen LogP contribution in [-0.4, -0.2) is 77.1 Å². The number of aromatic nitrogens is 2. The van der Waals surface area contributed by atoms with Crippen molar-refractivity contribution in [1.82, 2.24) is 19.8 Å². The van der Waals surface area contributed by atoms with Gasteiger partial charge in [-0.3, -0.25) is 9.89 Å². The van der Waals surface area contributed by atoms with E-state index in [1.165, 1.54) is 25.1 Å². The normalized spacial score (nSPS) is 27.2. The van der Waals surface area contributed by atoms with Gasteiger partial charge in [0.2, 0.25) is 5.88 Å². The fourth-order valence-electron chi connectivity index (χ4n) is 4.47. The second kappa shape index (κ2) is 7.54. The molecule has 1 saturated heterocycles. The highest BCUT2D eigenvalue weighted by Crippen LogP contribution is 2.31. The molecule has 2 unspecified atom stereocenters. The molecule has 0 radical (unpaired) electrons. The standard InChI is InChI=1S/C21H27N5O2/c1-27-20-7-9-22-21(24-20)28-14-15-5-6-17-18(13-15)26-12-11-25(16-3-2-4-16)10-8-19(26)23-17/h5-7,9,13,16-18H,2-4,8,10-12,14H2,1H3. The molecule has 0 bridgehead atoms. The summed E-state index contributed by atoms with van der Waals surface area (Å²) in [5.74, 6) is 1.78. The molecular weight excluding hydrogens is 354 g/mol. The third kappa shape index (κ3) is 3.39. The van der Waals surface area contributed by atoms with Crippen LogP contribution in [0.1, 0.15) is 25.7 Å². The first kappa shape index (κ1) is 17.7. The molecule has 2 fully saturated rings. The summed E-state index contributed by atoms with van der Waals surface area (Å²) in [4.78, 5) is 18.6. The quantitative estimate of drug-likeness (QED) is 0.778. The summed E-state index contributed by atoms with van der Waals surface area (Å²) >= 11 is 0. The monoisotopic (exact) mass is 381 g/mol. The van der Waals surface area contributed by atoms with Crippen molar-refractivity contribution in [3.05, 3.63) is 36.1 Å². The minimum absolute atomic E-state index is 0.238. The molecule has 2 aliphatic carbocycles. The first-order chi connectivity index (χ1) is 13.8. The van der Waals surface area contributed by atoms with Crippen molar-refractivity contribution >= 4 is 5.84 Å². The number of fused-ring (bicyclic) bond motifs is 3. The van der Waals surface area contributed by atoms with E-state index in [0.717, 1.165) is 37.7 Å². The van der Waals surface area contributed by atoms with Crippen LogP contribution in [0.5, 0.6) is 11.9 Å². The second-order valence-corrected chi connectivity index (χ2v) is 7.86. The molecule has 1 aromatic heterocycles. The zero-order chi connectivity index (χ0) is 18.9. The van der Waals surface area contributed by atoms with Crippen LogP contribution < -0.4 is 9.47 Å². The highest BCUT2D eigenvalue weighted by molar-refractivity contribution is 5.86. The van der Waals surface area contributed by atoms with E-state index in [1.54, 1.807) is 19.4 Å². The first-order valence-corrected chi connectivity index (χ1v) is 10.3. The maximum atomic E-state index is 5.78. The second-order valence-electron chi connectivity index (χ2n) is 7.86. The Morgan fingerprint density at radius 1 is 1.21 bits per heavy atom. The van der Waals surface area contributed by atoms with Gasteiger partial charge in [-0.05, 0) is 18.4 Å². The Bertz CT molecular complexity index is 817. The maximum absolute atomic E-state index is 5.78. The van der Waals surface area contributed by atoms with Crippen molar-refractivity contribution in [3.63, 3.8) is 0 Å². The van der Waals surface area contributed by atoms with E-state index < -0.39 is 0 Å². The van der Waals surface area contributed by atoms with Gasteiger partial charge in [0, 0.05) is 44.4 Å². The summed E-state index contributed by atoms with van der Waals surface area (Å²) in [5, 5.41) is 0. The van der Waals surface area contributed by atoms with Gasteiger partial charge in [0.1, 0.15) is 12.4 Å². The Morgan fingerprint density at radius 2 is 2.14 bits per heavy atom. The van der Waals surface area contributed by atoms with Crippen LogP contribution in [0.3, 0.4) is 0 Å². The molecule has 28 heavy (non-hydrogen) atoms. The summed E-state index contributed by atoms with van der Waals surface area (Å²) < 4.78 is 10.9. The summed E-state index contributed by atoms with van der Waals surface area (Å²) in [6, 6.07) is 3.41. The molecule has 7 nitrogen and oxygen atoms in total. The molecule has 7 heteroatoms. The van der Waals surface area contributed by atoms with Crippen LogP contribution in [-0.2, 0) is 0 Å². The van der Waals surface area contributed by atoms with Crippen molar-refractivity contribution in [3.8, 4) is 11.9 Å². The summed E-state index contributed by atoms with van der Waals surface area (Å²) in [7, 11) is 1.59. The van der Waals surface area contributed by atoms with E-state index in [4.69, 9.17) is 14.5 Å². The van der Waals surface area contributed by atoms with Gasteiger partial charge in [-0.25, -0.2) is 4.98 Å². The van der Waals surface area contributed by atoms with Gasteiger partial charge in [-0.2, -0.15) is 4.98 Å². The fourth-order valence-corrected chi connectivity index (χ4v) is 4.47. The van der Waals surface area contributed by atoms with Crippen LogP contribution in [0.15, 0.2) is 41.1 Å². The number of nitrogens with zero attached hydrogens (tertiary/aromatic N) is 5. The third-order valence-corrected chi connectivity index (χ3v) is 6.26. The van der Waals surface area contributed by atoms with Gasteiger partial charge in [-0.15, -0.1) is 0 Å². The SMILES string of the molecule is COc1ccnc(OCC2=CC3C(C=C2)N=C2CCN(C4CCC4)CCN23)n1. The van der Waals surface area contributed by atoms with Gasteiger partial charge in [0.25, 0.3) is 0 Å². The van der Waals surface area contributed by atoms with E-state index >= 15 is 0 Å². The minimum atomic E-state index is 0.238. The van der Waals surface area contributed by atoms with Gasteiger partial charge in [0.15, 0.2) is 0 Å². The molecule has 2 atom stereocenters. The Kier molecular flexibility index (Phi) is 4.76. The first-order valence-electron chi connectivity index (χ1n) is 10.3. The number of hydrogen-bond acceptors (Lipinski definition) is 7. The third-order valence-electron chi connectivity index (χ3n) is 6.26. The van der Waals surface area contributed by atoms with Crippen molar-refractivity contribution in [2.75, 3.05) is 33.4 Å². The average Bonchev–Trinajstić information content (AvgIpc) is 2.91. The maximum Gasteiger partial charge on any atom is 0.320 e. The lowest BCUT2D eigenvalue weighted by atomic mass is 9.91. The van der Waals surface area contributed by atoms with Crippen LogP contribution in [0, 0.1) is 0 Å². The largest absolute Gasteiger partial charge is 0.481 e. The number of ether oxygens (including phenoxy) is 2. The zero-order valence-corrected chi connectivity index (χ0v) is 16.3. The molecule has 0 spiro atoms. The van der Waals surface area contributed by atoms with Gasteiger partial charge >= 0.3 is 6.01 Å².